The minimum absolute atomic E-state index is 0.164. The fraction of sp³-hybridized carbons (Fsp3) is 0.462. The van der Waals surface area contributed by atoms with E-state index < -0.39 is 5.41 Å². The van der Waals surface area contributed by atoms with Crippen molar-refractivity contribution in [3.63, 3.8) is 0 Å². The van der Waals surface area contributed by atoms with Gasteiger partial charge < -0.3 is 0 Å². The Kier molecular flexibility index (Phi) is 3.38. The number of carbonyl (C=O) groups is 1. The summed E-state index contributed by atoms with van der Waals surface area (Å²) in [5.74, 6) is 5.06. The van der Waals surface area contributed by atoms with Crippen LogP contribution in [-0.4, -0.2) is 5.91 Å². The molecule has 0 aliphatic heterocycles. The molecule has 0 aliphatic carbocycles. The fourth-order valence-electron chi connectivity index (χ4n) is 2.46. The summed E-state index contributed by atoms with van der Waals surface area (Å²) in [6.45, 7) is 9.89. The number of hydrazine groups is 1. The third-order valence-electron chi connectivity index (χ3n) is 3.00. The smallest absolute Gasteiger partial charge is 0.243 e. The first-order valence-electron chi connectivity index (χ1n) is 5.40. The van der Waals surface area contributed by atoms with Gasteiger partial charge in [-0.3, -0.25) is 10.2 Å². The number of nitrogens with two attached hydrogens (primary N) is 1. The van der Waals surface area contributed by atoms with Gasteiger partial charge in [0.2, 0.25) is 5.91 Å². The first-order chi connectivity index (χ1) is 7.30. The number of aryl methyl sites for hydroxylation is 3. The number of hydrogen-bond acceptors (Lipinski definition) is 2. The summed E-state index contributed by atoms with van der Waals surface area (Å²) in [5, 5.41) is 0. The van der Waals surface area contributed by atoms with Crippen LogP contribution in [0.5, 0.6) is 0 Å². The highest BCUT2D eigenvalue weighted by Gasteiger charge is 2.32. The van der Waals surface area contributed by atoms with Crippen LogP contribution in [0.1, 0.15) is 36.1 Å². The standard InChI is InChI=1S/C13H20N2O/c1-8-6-9(2)11(10(3)7-8)13(4,5)12(16)15-14/h6-7H,14H2,1-5H3,(H,15,16). The quantitative estimate of drug-likeness (QED) is 0.454. The van der Waals surface area contributed by atoms with Gasteiger partial charge in [-0.25, -0.2) is 5.84 Å². The first kappa shape index (κ1) is 12.7. The van der Waals surface area contributed by atoms with E-state index in [4.69, 9.17) is 5.84 Å². The Balaban J connectivity index is 3.38. The van der Waals surface area contributed by atoms with Crippen molar-refractivity contribution in [3.8, 4) is 0 Å². The summed E-state index contributed by atoms with van der Waals surface area (Å²) in [4.78, 5) is 11.8. The van der Waals surface area contributed by atoms with E-state index in [1.807, 2.05) is 27.7 Å². The monoisotopic (exact) mass is 220 g/mol. The van der Waals surface area contributed by atoms with E-state index in [0.717, 1.165) is 16.7 Å². The molecular weight excluding hydrogens is 200 g/mol. The van der Waals surface area contributed by atoms with Gasteiger partial charge in [0.25, 0.3) is 0 Å². The van der Waals surface area contributed by atoms with Crippen molar-refractivity contribution >= 4 is 5.91 Å². The van der Waals surface area contributed by atoms with Crippen molar-refractivity contribution in [2.24, 2.45) is 5.84 Å². The molecule has 3 nitrogen and oxygen atoms in total. The molecule has 0 unspecified atom stereocenters. The van der Waals surface area contributed by atoms with Crippen LogP contribution in [0.3, 0.4) is 0 Å². The first-order valence-corrected chi connectivity index (χ1v) is 5.40. The van der Waals surface area contributed by atoms with Gasteiger partial charge in [0.05, 0.1) is 5.41 Å². The molecule has 0 atom stereocenters. The number of carbonyl (C=O) groups excluding carboxylic acids is 1. The Morgan fingerprint density at radius 1 is 1.19 bits per heavy atom. The van der Waals surface area contributed by atoms with Gasteiger partial charge >= 0.3 is 0 Å². The molecule has 1 aromatic rings. The maximum Gasteiger partial charge on any atom is 0.243 e. The zero-order valence-electron chi connectivity index (χ0n) is 10.6. The molecule has 3 heteroatoms. The molecule has 0 aromatic heterocycles. The Labute approximate surface area is 97.0 Å². The molecule has 0 saturated heterocycles. The zero-order valence-corrected chi connectivity index (χ0v) is 10.6. The third kappa shape index (κ3) is 2.09. The van der Waals surface area contributed by atoms with E-state index in [1.54, 1.807) is 0 Å². The van der Waals surface area contributed by atoms with Gasteiger partial charge in [0.1, 0.15) is 0 Å². The largest absolute Gasteiger partial charge is 0.294 e. The normalized spacial score (nSPS) is 11.4. The molecule has 0 heterocycles. The topological polar surface area (TPSA) is 55.1 Å². The molecule has 0 bridgehead atoms. The van der Waals surface area contributed by atoms with E-state index in [2.05, 4.69) is 24.5 Å². The molecule has 1 rings (SSSR count). The highest BCUT2D eigenvalue weighted by molar-refractivity contribution is 5.87. The lowest BCUT2D eigenvalue weighted by Gasteiger charge is -2.27. The van der Waals surface area contributed by atoms with Gasteiger partial charge in [0.15, 0.2) is 0 Å². The van der Waals surface area contributed by atoms with Crippen LogP contribution in [0.2, 0.25) is 0 Å². The summed E-state index contributed by atoms with van der Waals surface area (Å²) in [5.41, 5.74) is 6.16. The van der Waals surface area contributed by atoms with Crippen molar-refractivity contribution in [3.05, 3.63) is 34.4 Å². The van der Waals surface area contributed by atoms with Crippen molar-refractivity contribution in [2.75, 3.05) is 0 Å². The summed E-state index contributed by atoms with van der Waals surface area (Å²) in [7, 11) is 0. The number of benzene rings is 1. The molecule has 3 N–H and O–H groups in total. The minimum atomic E-state index is -0.601. The minimum Gasteiger partial charge on any atom is -0.294 e. The van der Waals surface area contributed by atoms with E-state index in [1.165, 1.54) is 5.56 Å². The van der Waals surface area contributed by atoms with E-state index in [9.17, 15) is 4.79 Å². The predicted octanol–water partition coefficient (Wildman–Crippen LogP) is 1.88. The van der Waals surface area contributed by atoms with Crippen molar-refractivity contribution in [1.29, 1.82) is 0 Å². The number of hydrogen-bond donors (Lipinski definition) is 2. The second-order valence-corrected chi connectivity index (χ2v) is 4.87. The number of rotatable bonds is 2. The van der Waals surface area contributed by atoms with Crippen molar-refractivity contribution < 1.29 is 4.79 Å². The summed E-state index contributed by atoms with van der Waals surface area (Å²) < 4.78 is 0. The second kappa shape index (κ2) is 4.26. The van der Waals surface area contributed by atoms with Crippen LogP contribution < -0.4 is 11.3 Å². The van der Waals surface area contributed by atoms with Gasteiger partial charge in [-0.2, -0.15) is 0 Å². The van der Waals surface area contributed by atoms with Gasteiger partial charge in [0, 0.05) is 0 Å². The summed E-state index contributed by atoms with van der Waals surface area (Å²) >= 11 is 0. The van der Waals surface area contributed by atoms with Crippen LogP contribution in [0, 0.1) is 20.8 Å². The molecule has 0 aliphatic rings. The highest BCUT2D eigenvalue weighted by atomic mass is 16.2. The summed E-state index contributed by atoms with van der Waals surface area (Å²) in [6, 6.07) is 4.18. The van der Waals surface area contributed by atoms with Crippen LogP contribution in [0.25, 0.3) is 0 Å². The molecule has 0 spiro atoms. The fourth-order valence-corrected chi connectivity index (χ4v) is 2.46. The van der Waals surface area contributed by atoms with Crippen LogP contribution in [0.4, 0.5) is 0 Å². The predicted molar refractivity (Wildman–Crippen MR) is 66.0 cm³/mol. The Morgan fingerprint density at radius 2 is 1.62 bits per heavy atom. The average Bonchev–Trinajstić information content (AvgIpc) is 2.14. The molecule has 0 radical (unpaired) electrons. The van der Waals surface area contributed by atoms with Crippen molar-refractivity contribution in [2.45, 2.75) is 40.0 Å². The van der Waals surface area contributed by atoms with Gasteiger partial charge in [-0.15, -0.1) is 0 Å². The van der Waals surface area contributed by atoms with Gasteiger partial charge in [-0.05, 0) is 51.3 Å². The van der Waals surface area contributed by atoms with Crippen LogP contribution >= 0.6 is 0 Å². The van der Waals surface area contributed by atoms with Crippen LogP contribution in [0.15, 0.2) is 12.1 Å². The molecule has 0 saturated carbocycles. The molecule has 1 aromatic carbocycles. The number of nitrogens with one attached hydrogen (secondary N) is 1. The van der Waals surface area contributed by atoms with E-state index >= 15 is 0 Å². The molecular formula is C13H20N2O. The average molecular weight is 220 g/mol. The van der Waals surface area contributed by atoms with Crippen LogP contribution in [-0.2, 0) is 10.2 Å². The Hall–Kier alpha value is -1.35. The maximum absolute atomic E-state index is 11.8. The molecule has 16 heavy (non-hydrogen) atoms. The third-order valence-corrected chi connectivity index (χ3v) is 3.00. The van der Waals surface area contributed by atoms with E-state index in [-0.39, 0.29) is 5.91 Å². The highest BCUT2D eigenvalue weighted by Crippen LogP contribution is 2.30. The molecule has 88 valence electrons. The lowest BCUT2D eigenvalue weighted by Crippen LogP contribution is -2.44. The Bertz CT molecular complexity index is 399. The Morgan fingerprint density at radius 3 is 2.00 bits per heavy atom. The molecule has 1 amide bonds. The lowest BCUT2D eigenvalue weighted by molar-refractivity contribution is -0.125. The van der Waals surface area contributed by atoms with Crippen molar-refractivity contribution in [1.82, 2.24) is 5.43 Å². The SMILES string of the molecule is Cc1cc(C)c(C(C)(C)C(=O)NN)c(C)c1. The van der Waals surface area contributed by atoms with Gasteiger partial charge in [-0.1, -0.05) is 17.7 Å². The second-order valence-electron chi connectivity index (χ2n) is 4.87. The zero-order chi connectivity index (χ0) is 12.5. The molecule has 0 fully saturated rings. The number of amides is 1. The summed E-state index contributed by atoms with van der Waals surface area (Å²) in [6.07, 6.45) is 0. The maximum atomic E-state index is 11.8. The van der Waals surface area contributed by atoms with E-state index in [0.29, 0.717) is 0 Å². The lowest BCUT2D eigenvalue weighted by atomic mass is 9.78.